The molecule has 2 atom stereocenters. The van der Waals surface area contributed by atoms with E-state index in [1.807, 2.05) is 42.5 Å². The normalized spacial score (nSPS) is 22.4. The molecule has 2 unspecified atom stereocenters. The molecular formula is C25H22Cl2N4O3. The highest BCUT2D eigenvalue weighted by molar-refractivity contribution is 6.36. The largest absolute Gasteiger partial charge is 0.361 e. The summed E-state index contributed by atoms with van der Waals surface area (Å²) in [5.41, 5.74) is 0.980. The Labute approximate surface area is 207 Å². The number of hydrogen-bond donors (Lipinski definition) is 0. The van der Waals surface area contributed by atoms with E-state index in [-0.39, 0.29) is 46.6 Å². The fraction of sp³-hybridized carbons (Fsp3) is 0.280. The maximum atomic E-state index is 13.9. The Balaban J connectivity index is 1.48. The van der Waals surface area contributed by atoms with Gasteiger partial charge in [0.2, 0.25) is 0 Å². The molecule has 2 fully saturated rings. The highest BCUT2D eigenvalue weighted by Gasteiger charge is 2.58. The third-order valence-corrected chi connectivity index (χ3v) is 6.92. The van der Waals surface area contributed by atoms with Gasteiger partial charge in [-0.2, -0.15) is 0 Å². The number of nitrogens with zero attached hydrogens (tertiary/aromatic N) is 4. The fourth-order valence-electron chi connectivity index (χ4n) is 4.77. The fourth-order valence-corrected chi connectivity index (χ4v) is 5.22. The molecule has 2 aromatic heterocycles. The molecule has 2 amide bonds. The average molecular weight is 497 g/mol. The number of amides is 2. The van der Waals surface area contributed by atoms with Crippen molar-refractivity contribution in [2.45, 2.75) is 18.1 Å². The lowest BCUT2D eigenvalue weighted by Crippen LogP contribution is -2.59. The van der Waals surface area contributed by atoms with Crippen molar-refractivity contribution in [3.63, 3.8) is 0 Å². The summed E-state index contributed by atoms with van der Waals surface area (Å²) >= 11 is 12.2. The molecular weight excluding hydrogens is 475 g/mol. The Morgan fingerprint density at radius 1 is 1.15 bits per heavy atom. The molecule has 0 saturated carbocycles. The molecule has 1 spiro atoms. The first-order valence-corrected chi connectivity index (χ1v) is 11.7. The number of halogens is 2. The first kappa shape index (κ1) is 22.8. The van der Waals surface area contributed by atoms with Crippen LogP contribution in [0.2, 0.25) is 10.2 Å². The van der Waals surface area contributed by atoms with Crippen molar-refractivity contribution in [3.8, 4) is 0 Å². The van der Waals surface area contributed by atoms with Crippen molar-refractivity contribution in [1.82, 2.24) is 19.8 Å². The molecule has 3 aromatic rings. The smallest absolute Gasteiger partial charge is 0.257 e. The van der Waals surface area contributed by atoms with Crippen LogP contribution in [0, 0.1) is 0 Å². The molecule has 7 nitrogen and oxygen atoms in total. The van der Waals surface area contributed by atoms with Gasteiger partial charge in [0.15, 0.2) is 5.60 Å². The second-order valence-corrected chi connectivity index (χ2v) is 9.26. The van der Waals surface area contributed by atoms with Gasteiger partial charge in [0.1, 0.15) is 5.15 Å². The van der Waals surface area contributed by atoms with Crippen LogP contribution < -0.4 is 0 Å². The SMILES string of the molecule is O=C(c1cnc(Cl)cc1Cl)N1CCOC2(C1)C(=O)N(Cc1cccnc1)CC2c1ccccc1. The van der Waals surface area contributed by atoms with Gasteiger partial charge < -0.3 is 14.5 Å². The van der Waals surface area contributed by atoms with Gasteiger partial charge in [0, 0.05) is 44.1 Å². The Kier molecular flexibility index (Phi) is 6.25. The van der Waals surface area contributed by atoms with E-state index in [2.05, 4.69) is 9.97 Å². The number of ether oxygens (including phenoxy) is 1. The van der Waals surface area contributed by atoms with E-state index >= 15 is 0 Å². The molecule has 2 saturated heterocycles. The van der Waals surface area contributed by atoms with Gasteiger partial charge in [-0.1, -0.05) is 59.6 Å². The summed E-state index contributed by atoms with van der Waals surface area (Å²) in [6.07, 6.45) is 4.83. The topological polar surface area (TPSA) is 75.6 Å². The molecule has 4 heterocycles. The second-order valence-electron chi connectivity index (χ2n) is 8.46. The minimum Gasteiger partial charge on any atom is -0.361 e. The van der Waals surface area contributed by atoms with E-state index in [9.17, 15) is 9.59 Å². The number of likely N-dealkylation sites (tertiary alicyclic amines) is 1. The van der Waals surface area contributed by atoms with Crippen LogP contribution in [0.3, 0.4) is 0 Å². The van der Waals surface area contributed by atoms with E-state index < -0.39 is 5.60 Å². The number of carbonyl (C=O) groups excluding carboxylic acids is 2. The quantitative estimate of drug-likeness (QED) is 0.513. The van der Waals surface area contributed by atoms with Crippen LogP contribution in [-0.4, -0.2) is 63.4 Å². The van der Waals surface area contributed by atoms with Crippen molar-refractivity contribution < 1.29 is 14.3 Å². The molecule has 0 radical (unpaired) electrons. The monoisotopic (exact) mass is 496 g/mol. The number of pyridine rings is 2. The molecule has 0 N–H and O–H groups in total. The molecule has 0 bridgehead atoms. The molecule has 34 heavy (non-hydrogen) atoms. The predicted octanol–water partition coefficient (Wildman–Crippen LogP) is 3.82. The summed E-state index contributed by atoms with van der Waals surface area (Å²) in [6, 6.07) is 15.1. The van der Waals surface area contributed by atoms with Crippen LogP contribution in [0.15, 0.2) is 67.1 Å². The van der Waals surface area contributed by atoms with Gasteiger partial charge >= 0.3 is 0 Å². The van der Waals surface area contributed by atoms with Crippen LogP contribution >= 0.6 is 23.2 Å². The van der Waals surface area contributed by atoms with Crippen LogP contribution in [-0.2, 0) is 16.1 Å². The van der Waals surface area contributed by atoms with Crippen LogP contribution in [0.5, 0.6) is 0 Å². The molecule has 5 rings (SSSR count). The first-order chi connectivity index (χ1) is 16.5. The van der Waals surface area contributed by atoms with E-state index in [1.54, 1.807) is 22.2 Å². The second kappa shape index (κ2) is 9.33. The molecule has 2 aliphatic heterocycles. The van der Waals surface area contributed by atoms with Crippen LogP contribution in [0.25, 0.3) is 0 Å². The Hall–Kier alpha value is -3.00. The number of aromatic nitrogens is 2. The van der Waals surface area contributed by atoms with Crippen molar-refractivity contribution >= 4 is 35.0 Å². The molecule has 174 valence electrons. The highest BCUT2D eigenvalue weighted by Crippen LogP contribution is 2.43. The number of hydrogen-bond acceptors (Lipinski definition) is 5. The number of benzene rings is 1. The van der Waals surface area contributed by atoms with Crippen LogP contribution in [0.4, 0.5) is 0 Å². The summed E-state index contributed by atoms with van der Waals surface area (Å²) in [5.74, 6) is -0.683. The maximum absolute atomic E-state index is 13.9. The zero-order chi connectivity index (χ0) is 23.7. The summed E-state index contributed by atoms with van der Waals surface area (Å²) in [4.78, 5) is 38.8. The van der Waals surface area contributed by atoms with Gasteiger partial charge in [-0.25, -0.2) is 4.98 Å². The summed E-state index contributed by atoms with van der Waals surface area (Å²) in [7, 11) is 0. The minimum atomic E-state index is -1.19. The van der Waals surface area contributed by atoms with Crippen molar-refractivity contribution in [2.24, 2.45) is 0 Å². The standard InChI is InChI=1S/C25H22Cl2N4O3/c26-21-11-22(27)29-13-19(21)23(32)30-9-10-34-25(16-30)20(18-6-2-1-3-7-18)15-31(24(25)33)14-17-5-4-8-28-12-17/h1-8,11-13,20H,9-10,14-16H2. The zero-order valence-corrected chi connectivity index (χ0v) is 19.7. The molecule has 2 aliphatic rings. The average Bonchev–Trinajstić information content (AvgIpc) is 3.11. The van der Waals surface area contributed by atoms with Gasteiger partial charge in [0.05, 0.1) is 23.7 Å². The minimum absolute atomic E-state index is 0.118. The van der Waals surface area contributed by atoms with Gasteiger partial charge in [-0.05, 0) is 23.3 Å². The van der Waals surface area contributed by atoms with E-state index in [1.165, 1.54) is 12.3 Å². The molecule has 0 aliphatic carbocycles. The Morgan fingerprint density at radius 3 is 2.71 bits per heavy atom. The number of carbonyl (C=O) groups is 2. The summed E-state index contributed by atoms with van der Waals surface area (Å²) in [6.45, 7) is 1.59. The summed E-state index contributed by atoms with van der Waals surface area (Å²) < 4.78 is 6.27. The maximum Gasteiger partial charge on any atom is 0.257 e. The highest BCUT2D eigenvalue weighted by atomic mass is 35.5. The number of rotatable bonds is 4. The molecule has 9 heteroatoms. The predicted molar refractivity (Wildman–Crippen MR) is 128 cm³/mol. The number of morpholine rings is 1. The van der Waals surface area contributed by atoms with Crippen LogP contribution in [0.1, 0.15) is 27.4 Å². The third-order valence-electron chi connectivity index (χ3n) is 6.40. The van der Waals surface area contributed by atoms with Crippen molar-refractivity contribution in [1.29, 1.82) is 0 Å². The molecule has 1 aromatic carbocycles. The van der Waals surface area contributed by atoms with Gasteiger partial charge in [0.25, 0.3) is 11.8 Å². The zero-order valence-electron chi connectivity index (χ0n) is 18.2. The van der Waals surface area contributed by atoms with Crippen molar-refractivity contribution in [2.75, 3.05) is 26.2 Å². The summed E-state index contributed by atoms with van der Waals surface area (Å²) in [5, 5.41) is 0.433. The first-order valence-electron chi connectivity index (χ1n) is 11.0. The lowest BCUT2D eigenvalue weighted by atomic mass is 9.83. The Bertz CT molecular complexity index is 1210. The lowest BCUT2D eigenvalue weighted by Gasteiger charge is -2.42. The van der Waals surface area contributed by atoms with E-state index in [4.69, 9.17) is 27.9 Å². The van der Waals surface area contributed by atoms with Gasteiger partial charge in [-0.3, -0.25) is 14.6 Å². The third kappa shape index (κ3) is 4.15. The van der Waals surface area contributed by atoms with Gasteiger partial charge in [-0.15, -0.1) is 0 Å². The van der Waals surface area contributed by atoms with Crippen molar-refractivity contribution in [3.05, 3.63) is 94.0 Å². The van der Waals surface area contributed by atoms with E-state index in [0.29, 0.717) is 19.6 Å². The van der Waals surface area contributed by atoms with E-state index in [0.717, 1.165) is 11.1 Å². The Morgan fingerprint density at radius 2 is 1.97 bits per heavy atom. The lowest BCUT2D eigenvalue weighted by molar-refractivity contribution is -0.160.